The Morgan fingerprint density at radius 1 is 0.941 bits per heavy atom. The first-order chi connectivity index (χ1) is 16.3. The molecule has 0 radical (unpaired) electrons. The van der Waals surface area contributed by atoms with E-state index in [1.54, 1.807) is 0 Å². The van der Waals surface area contributed by atoms with Crippen molar-refractivity contribution in [2.75, 3.05) is 4.90 Å². The molecule has 1 aliphatic heterocycles. The van der Waals surface area contributed by atoms with Crippen molar-refractivity contribution in [1.29, 1.82) is 0 Å². The lowest BCUT2D eigenvalue weighted by Crippen LogP contribution is -2.29. The van der Waals surface area contributed by atoms with Crippen molar-refractivity contribution in [3.8, 4) is 5.69 Å². The summed E-state index contributed by atoms with van der Waals surface area (Å²) in [6, 6.07) is 22.6. The lowest BCUT2D eigenvalue weighted by atomic mass is 9.96. The van der Waals surface area contributed by atoms with Crippen LogP contribution in [0.3, 0.4) is 0 Å². The number of halogens is 1. The third-order valence-electron chi connectivity index (χ3n) is 6.60. The van der Waals surface area contributed by atoms with Crippen LogP contribution in [0.1, 0.15) is 45.9 Å². The summed E-state index contributed by atoms with van der Waals surface area (Å²) >= 11 is 12.1. The second-order valence-electron chi connectivity index (χ2n) is 8.92. The summed E-state index contributed by atoms with van der Waals surface area (Å²) in [5.74, 6) is 0. The van der Waals surface area contributed by atoms with Gasteiger partial charge in [-0.2, -0.15) is 0 Å². The second kappa shape index (κ2) is 8.90. The average molecular weight is 487 g/mol. The monoisotopic (exact) mass is 486 g/mol. The molecule has 2 atom stereocenters. The number of anilines is 1. The molecule has 0 aliphatic carbocycles. The molecule has 1 N–H and O–H groups in total. The van der Waals surface area contributed by atoms with E-state index in [1.165, 1.54) is 33.8 Å². The number of aromatic nitrogens is 2. The van der Waals surface area contributed by atoms with Crippen LogP contribution in [0.25, 0.3) is 5.69 Å². The van der Waals surface area contributed by atoms with Crippen LogP contribution in [-0.2, 0) is 0 Å². The molecule has 2 aromatic heterocycles. The molecule has 1 aliphatic rings. The van der Waals surface area contributed by atoms with Crippen LogP contribution in [0.2, 0.25) is 5.02 Å². The molecule has 0 spiro atoms. The Morgan fingerprint density at radius 3 is 2.41 bits per heavy atom. The number of aryl methyl sites for hydroxylation is 3. The molecular formula is C28H27ClN4S. The van der Waals surface area contributed by atoms with E-state index in [-0.39, 0.29) is 12.1 Å². The third-order valence-corrected chi connectivity index (χ3v) is 7.16. The highest BCUT2D eigenvalue weighted by atomic mass is 35.5. The molecule has 3 heterocycles. The fourth-order valence-corrected chi connectivity index (χ4v) is 5.44. The van der Waals surface area contributed by atoms with Crippen LogP contribution in [0, 0.1) is 27.7 Å². The molecule has 2 aromatic carbocycles. The predicted octanol–water partition coefficient (Wildman–Crippen LogP) is 6.94. The van der Waals surface area contributed by atoms with Crippen molar-refractivity contribution in [1.82, 2.24) is 14.9 Å². The average Bonchev–Trinajstić information content (AvgIpc) is 3.32. The minimum Gasteiger partial charge on any atom is -0.351 e. The zero-order chi connectivity index (χ0) is 24.0. The normalized spacial score (nSPS) is 17.8. The van der Waals surface area contributed by atoms with Crippen molar-refractivity contribution in [2.45, 2.75) is 39.8 Å². The van der Waals surface area contributed by atoms with Crippen molar-refractivity contribution < 1.29 is 0 Å². The lowest BCUT2D eigenvalue weighted by Gasteiger charge is -2.28. The van der Waals surface area contributed by atoms with Crippen molar-refractivity contribution in [3.05, 3.63) is 112 Å². The van der Waals surface area contributed by atoms with Gasteiger partial charge < -0.3 is 14.8 Å². The minimum atomic E-state index is -0.0862. The Hall–Kier alpha value is -3.15. The Bertz CT molecular complexity index is 1360. The molecule has 6 heteroatoms. The second-order valence-corrected chi connectivity index (χ2v) is 9.75. The largest absolute Gasteiger partial charge is 0.351 e. The minimum absolute atomic E-state index is 0.0614. The number of nitrogens with zero attached hydrogens (tertiary/aromatic N) is 3. The molecule has 0 amide bonds. The zero-order valence-electron chi connectivity index (χ0n) is 19.7. The SMILES string of the molecule is Cc1ccc(C)c(-n2c(C)cc([C@H]3[C@@H](c4ccccn4)NC(=S)N3c3ccc(Cl)cc3)c2C)c1. The molecule has 0 saturated carbocycles. The highest BCUT2D eigenvalue weighted by molar-refractivity contribution is 7.80. The van der Waals surface area contributed by atoms with Gasteiger partial charge in [0, 0.05) is 34.0 Å². The van der Waals surface area contributed by atoms with Gasteiger partial charge in [0.2, 0.25) is 0 Å². The predicted molar refractivity (Wildman–Crippen MR) is 144 cm³/mol. The Balaban J connectivity index is 1.70. The van der Waals surface area contributed by atoms with Crippen LogP contribution >= 0.6 is 23.8 Å². The Labute approximate surface area is 211 Å². The van der Waals surface area contributed by atoms with Crippen molar-refractivity contribution >= 4 is 34.6 Å². The van der Waals surface area contributed by atoms with Crippen molar-refractivity contribution in [3.63, 3.8) is 0 Å². The van der Waals surface area contributed by atoms with Crippen LogP contribution < -0.4 is 10.2 Å². The number of hydrogen-bond acceptors (Lipinski definition) is 2. The maximum atomic E-state index is 6.20. The van der Waals surface area contributed by atoms with Gasteiger partial charge in [-0.3, -0.25) is 4.98 Å². The first kappa shape index (κ1) is 22.6. The summed E-state index contributed by atoms with van der Waals surface area (Å²) in [6.45, 7) is 8.66. The van der Waals surface area contributed by atoms with E-state index in [0.29, 0.717) is 10.1 Å². The van der Waals surface area contributed by atoms with Gasteiger partial charge in [-0.25, -0.2) is 0 Å². The third kappa shape index (κ3) is 3.89. The Kier molecular flexibility index (Phi) is 5.92. The van der Waals surface area contributed by atoms with Gasteiger partial charge in [-0.05, 0) is 105 Å². The van der Waals surface area contributed by atoms with Crippen LogP contribution in [0.5, 0.6) is 0 Å². The number of benzene rings is 2. The quantitative estimate of drug-likeness (QED) is 0.317. The molecule has 1 fully saturated rings. The van der Waals surface area contributed by atoms with Gasteiger partial charge in [-0.15, -0.1) is 0 Å². The summed E-state index contributed by atoms with van der Waals surface area (Å²) in [4.78, 5) is 6.87. The summed E-state index contributed by atoms with van der Waals surface area (Å²) in [7, 11) is 0. The van der Waals surface area contributed by atoms with E-state index in [9.17, 15) is 0 Å². The summed E-state index contributed by atoms with van der Waals surface area (Å²) in [5, 5.41) is 4.93. The molecule has 5 rings (SSSR count). The zero-order valence-corrected chi connectivity index (χ0v) is 21.3. The van der Waals surface area contributed by atoms with Gasteiger partial charge in [0.05, 0.1) is 17.8 Å². The summed E-state index contributed by atoms with van der Waals surface area (Å²) < 4.78 is 2.36. The first-order valence-corrected chi connectivity index (χ1v) is 12.2. The van der Waals surface area contributed by atoms with Crippen LogP contribution in [0.15, 0.2) is 72.9 Å². The topological polar surface area (TPSA) is 33.1 Å². The van der Waals surface area contributed by atoms with Gasteiger partial charge in [0.15, 0.2) is 5.11 Å². The number of rotatable bonds is 4. The molecule has 172 valence electrons. The van der Waals surface area contributed by atoms with Gasteiger partial charge in [0.1, 0.15) is 0 Å². The highest BCUT2D eigenvalue weighted by Gasteiger charge is 2.42. The van der Waals surface area contributed by atoms with E-state index in [0.717, 1.165) is 11.4 Å². The van der Waals surface area contributed by atoms with Crippen molar-refractivity contribution in [2.24, 2.45) is 0 Å². The number of hydrogen-bond donors (Lipinski definition) is 1. The molecular weight excluding hydrogens is 460 g/mol. The van der Waals surface area contributed by atoms with Gasteiger partial charge >= 0.3 is 0 Å². The maximum absolute atomic E-state index is 6.20. The molecule has 0 bridgehead atoms. The number of nitrogens with one attached hydrogen (secondary N) is 1. The molecule has 34 heavy (non-hydrogen) atoms. The van der Waals surface area contributed by atoms with E-state index in [2.05, 4.69) is 77.8 Å². The molecule has 0 unspecified atom stereocenters. The lowest BCUT2D eigenvalue weighted by molar-refractivity contribution is 0.565. The molecule has 4 aromatic rings. The number of thiocarbonyl (C=S) groups is 1. The van der Waals surface area contributed by atoms with E-state index >= 15 is 0 Å². The fourth-order valence-electron chi connectivity index (χ4n) is 4.97. The van der Waals surface area contributed by atoms with E-state index < -0.39 is 0 Å². The van der Waals surface area contributed by atoms with E-state index in [4.69, 9.17) is 23.8 Å². The maximum Gasteiger partial charge on any atom is 0.174 e. The fraction of sp³-hybridized carbons (Fsp3) is 0.214. The highest BCUT2D eigenvalue weighted by Crippen LogP contribution is 2.44. The van der Waals surface area contributed by atoms with Crippen LogP contribution in [-0.4, -0.2) is 14.7 Å². The summed E-state index contributed by atoms with van der Waals surface area (Å²) in [5.41, 5.74) is 9.27. The first-order valence-electron chi connectivity index (χ1n) is 11.4. The molecule has 1 saturated heterocycles. The smallest absolute Gasteiger partial charge is 0.174 e. The standard InChI is InChI=1S/C28H27ClN4S/c1-17-8-9-18(2)25(15-17)32-19(3)16-23(20(32)4)27-26(24-7-5-6-14-30-24)31-28(34)33(27)22-12-10-21(29)11-13-22/h5-16,26-27H,1-4H3,(H,31,34)/t26-,27+/m1/s1. The number of pyridine rings is 1. The van der Waals surface area contributed by atoms with Gasteiger partial charge in [0.25, 0.3) is 0 Å². The van der Waals surface area contributed by atoms with Gasteiger partial charge in [-0.1, -0.05) is 29.8 Å². The van der Waals surface area contributed by atoms with E-state index in [1.807, 2.05) is 42.6 Å². The van der Waals surface area contributed by atoms with Crippen LogP contribution in [0.4, 0.5) is 5.69 Å². The summed E-state index contributed by atoms with van der Waals surface area (Å²) in [6.07, 6.45) is 1.83. The Morgan fingerprint density at radius 2 is 1.71 bits per heavy atom. The molecule has 4 nitrogen and oxygen atoms in total.